The van der Waals surface area contributed by atoms with Crippen molar-refractivity contribution in [2.45, 2.75) is 39.5 Å². The number of aryl methyl sites for hydroxylation is 1. The number of ether oxygens (including phenoxy) is 1. The molecular weight excluding hydrogens is 378 g/mol. The van der Waals surface area contributed by atoms with Gasteiger partial charge < -0.3 is 4.74 Å². The molecule has 0 aromatic heterocycles. The molecule has 0 N–H and O–H groups in total. The first-order valence-electron chi connectivity index (χ1n) is 10.8. The lowest BCUT2D eigenvalue weighted by molar-refractivity contribution is 0.188. The molecule has 0 bridgehead atoms. The van der Waals surface area contributed by atoms with Crippen LogP contribution in [0.3, 0.4) is 0 Å². The van der Waals surface area contributed by atoms with Gasteiger partial charge in [0.1, 0.15) is 5.75 Å². The van der Waals surface area contributed by atoms with E-state index in [0.29, 0.717) is 17.0 Å². The summed E-state index contributed by atoms with van der Waals surface area (Å²) in [5.74, 6) is 0.839. The van der Waals surface area contributed by atoms with Crippen molar-refractivity contribution in [2.75, 3.05) is 6.61 Å². The van der Waals surface area contributed by atoms with Gasteiger partial charge in [0.25, 0.3) is 0 Å². The minimum atomic E-state index is -0.795. The van der Waals surface area contributed by atoms with Gasteiger partial charge in [0, 0.05) is 5.56 Å². The first-order valence-corrected chi connectivity index (χ1v) is 10.8. The third-order valence-electron chi connectivity index (χ3n) is 6.28. The Kier molecular flexibility index (Phi) is 6.17. The van der Waals surface area contributed by atoms with Gasteiger partial charge in [-0.3, -0.25) is 0 Å². The van der Waals surface area contributed by atoms with Gasteiger partial charge in [-0.2, -0.15) is 0 Å². The summed E-state index contributed by atoms with van der Waals surface area (Å²) in [5, 5.41) is 0. The lowest BCUT2D eigenvalue weighted by atomic mass is 9.83. The van der Waals surface area contributed by atoms with Crippen molar-refractivity contribution in [3.8, 4) is 28.0 Å². The van der Waals surface area contributed by atoms with Gasteiger partial charge in [0.2, 0.25) is 0 Å². The molecule has 0 amide bonds. The Balaban J connectivity index is 1.41. The predicted octanol–water partition coefficient (Wildman–Crippen LogP) is 7.81. The quantitative estimate of drug-likeness (QED) is 0.420. The Morgan fingerprint density at radius 1 is 0.733 bits per heavy atom. The summed E-state index contributed by atoms with van der Waals surface area (Å²) in [6.45, 7) is 4.69. The van der Waals surface area contributed by atoms with Crippen molar-refractivity contribution in [1.82, 2.24) is 0 Å². The molecule has 1 aliphatic carbocycles. The molecule has 0 unspecified atom stereocenters. The molecule has 3 heteroatoms. The maximum atomic E-state index is 14.3. The highest BCUT2D eigenvalue weighted by Gasteiger charge is 2.18. The van der Waals surface area contributed by atoms with Crippen molar-refractivity contribution in [3.63, 3.8) is 0 Å². The van der Waals surface area contributed by atoms with Gasteiger partial charge in [-0.15, -0.1) is 0 Å². The highest BCUT2D eigenvalue weighted by atomic mass is 19.2. The molecular formula is C27H28F2O. The predicted molar refractivity (Wildman–Crippen MR) is 119 cm³/mol. The van der Waals surface area contributed by atoms with E-state index in [0.717, 1.165) is 29.4 Å². The standard InChI is InChI=1S/C27H28F2O/c1-18-3-6-20(7-4-18)17-30-24-14-12-22(13-15-24)21-8-10-23(11-9-21)25-16-5-19(2)26(28)27(25)29/h5,8-16,18,20H,3-4,6-7,17H2,1-2H3. The van der Waals surface area contributed by atoms with Crippen molar-refractivity contribution in [2.24, 2.45) is 11.8 Å². The third-order valence-corrected chi connectivity index (χ3v) is 6.28. The van der Waals surface area contributed by atoms with Gasteiger partial charge in [-0.1, -0.05) is 68.3 Å². The SMILES string of the molecule is Cc1ccc(-c2ccc(-c3ccc(OCC4CCC(C)CC4)cc3)cc2)c(F)c1F. The van der Waals surface area contributed by atoms with Crippen molar-refractivity contribution >= 4 is 0 Å². The fourth-order valence-electron chi connectivity index (χ4n) is 4.16. The average Bonchev–Trinajstić information content (AvgIpc) is 2.78. The minimum absolute atomic E-state index is 0.283. The van der Waals surface area contributed by atoms with Crippen LogP contribution in [-0.2, 0) is 0 Å². The molecule has 4 rings (SSSR count). The molecule has 3 aromatic carbocycles. The van der Waals surface area contributed by atoms with Crippen LogP contribution in [-0.4, -0.2) is 6.61 Å². The van der Waals surface area contributed by atoms with E-state index in [4.69, 9.17) is 4.74 Å². The second kappa shape index (κ2) is 8.99. The van der Waals surface area contributed by atoms with Crippen molar-refractivity contribution in [1.29, 1.82) is 0 Å². The molecule has 0 spiro atoms. The zero-order valence-corrected chi connectivity index (χ0v) is 17.6. The smallest absolute Gasteiger partial charge is 0.166 e. The summed E-state index contributed by atoms with van der Waals surface area (Å²) in [6, 6.07) is 18.9. The molecule has 1 saturated carbocycles. The molecule has 1 nitrogen and oxygen atoms in total. The van der Waals surface area contributed by atoms with E-state index in [2.05, 4.69) is 6.92 Å². The van der Waals surface area contributed by atoms with Crippen LogP contribution < -0.4 is 4.74 Å². The zero-order valence-electron chi connectivity index (χ0n) is 17.6. The van der Waals surface area contributed by atoms with E-state index in [1.807, 2.05) is 48.5 Å². The van der Waals surface area contributed by atoms with E-state index in [9.17, 15) is 8.78 Å². The second-order valence-electron chi connectivity index (χ2n) is 8.60. The Morgan fingerprint density at radius 2 is 1.30 bits per heavy atom. The largest absolute Gasteiger partial charge is 0.493 e. The fraction of sp³-hybridized carbons (Fsp3) is 0.333. The topological polar surface area (TPSA) is 9.23 Å². The van der Waals surface area contributed by atoms with Crippen LogP contribution in [0, 0.1) is 30.4 Å². The van der Waals surface area contributed by atoms with Gasteiger partial charge in [0.05, 0.1) is 6.61 Å². The highest BCUT2D eigenvalue weighted by Crippen LogP contribution is 2.31. The summed E-state index contributed by atoms with van der Waals surface area (Å²) in [4.78, 5) is 0. The lowest BCUT2D eigenvalue weighted by Crippen LogP contribution is -2.18. The average molecular weight is 407 g/mol. The van der Waals surface area contributed by atoms with E-state index < -0.39 is 11.6 Å². The molecule has 30 heavy (non-hydrogen) atoms. The lowest BCUT2D eigenvalue weighted by Gasteiger charge is -2.26. The van der Waals surface area contributed by atoms with Crippen LogP contribution >= 0.6 is 0 Å². The van der Waals surface area contributed by atoms with Crippen LogP contribution in [0.4, 0.5) is 8.78 Å². The van der Waals surface area contributed by atoms with Gasteiger partial charge in [-0.25, -0.2) is 8.78 Å². The first-order chi connectivity index (χ1) is 14.5. The molecule has 1 fully saturated rings. The van der Waals surface area contributed by atoms with Crippen LogP contribution in [0.25, 0.3) is 22.3 Å². The Bertz CT molecular complexity index is 985. The normalized spacial score (nSPS) is 18.9. The van der Waals surface area contributed by atoms with Gasteiger partial charge in [-0.05, 0) is 66.0 Å². The van der Waals surface area contributed by atoms with Gasteiger partial charge >= 0.3 is 0 Å². The molecule has 0 radical (unpaired) electrons. The van der Waals surface area contributed by atoms with Gasteiger partial charge in [0.15, 0.2) is 11.6 Å². The summed E-state index contributed by atoms with van der Waals surface area (Å²) in [7, 11) is 0. The maximum absolute atomic E-state index is 14.3. The monoisotopic (exact) mass is 406 g/mol. The third kappa shape index (κ3) is 4.56. The van der Waals surface area contributed by atoms with Crippen LogP contribution in [0.5, 0.6) is 5.75 Å². The van der Waals surface area contributed by atoms with E-state index in [-0.39, 0.29) is 5.56 Å². The van der Waals surface area contributed by atoms with E-state index >= 15 is 0 Å². The summed E-state index contributed by atoms with van der Waals surface area (Å²) in [5.41, 5.74) is 3.35. The maximum Gasteiger partial charge on any atom is 0.166 e. The number of hydrogen-bond donors (Lipinski definition) is 0. The van der Waals surface area contributed by atoms with E-state index in [1.54, 1.807) is 19.1 Å². The zero-order chi connectivity index (χ0) is 21.1. The first kappa shape index (κ1) is 20.6. The number of hydrogen-bond acceptors (Lipinski definition) is 1. The molecule has 0 saturated heterocycles. The number of benzene rings is 3. The molecule has 0 heterocycles. The Morgan fingerprint density at radius 3 is 1.93 bits per heavy atom. The van der Waals surface area contributed by atoms with Crippen LogP contribution in [0.1, 0.15) is 38.2 Å². The molecule has 1 aliphatic rings. The number of halogens is 2. The number of rotatable bonds is 5. The fourth-order valence-corrected chi connectivity index (χ4v) is 4.16. The highest BCUT2D eigenvalue weighted by molar-refractivity contribution is 5.71. The Hall–Kier alpha value is -2.68. The van der Waals surface area contributed by atoms with Crippen molar-refractivity contribution in [3.05, 3.63) is 77.9 Å². The molecule has 3 aromatic rings. The van der Waals surface area contributed by atoms with E-state index in [1.165, 1.54) is 25.7 Å². The summed E-state index contributed by atoms with van der Waals surface area (Å²) < 4.78 is 34.1. The molecule has 0 aliphatic heterocycles. The Labute approximate surface area is 177 Å². The van der Waals surface area contributed by atoms with Crippen molar-refractivity contribution < 1.29 is 13.5 Å². The molecule has 156 valence electrons. The summed E-state index contributed by atoms with van der Waals surface area (Å²) in [6.07, 6.45) is 5.14. The molecule has 0 atom stereocenters. The second-order valence-corrected chi connectivity index (χ2v) is 8.60. The summed E-state index contributed by atoms with van der Waals surface area (Å²) >= 11 is 0. The van der Waals surface area contributed by atoms with Crippen LogP contribution in [0.2, 0.25) is 0 Å². The minimum Gasteiger partial charge on any atom is -0.493 e. The van der Waals surface area contributed by atoms with Crippen LogP contribution in [0.15, 0.2) is 60.7 Å².